The van der Waals surface area contributed by atoms with Gasteiger partial charge < -0.3 is 15.5 Å². The zero-order valence-corrected chi connectivity index (χ0v) is 17.3. The van der Waals surface area contributed by atoms with Crippen molar-refractivity contribution in [1.82, 2.24) is 25.3 Å². The van der Waals surface area contributed by atoms with Crippen molar-refractivity contribution in [3.8, 4) is 0 Å². The maximum absolute atomic E-state index is 11.6. The molecule has 0 aliphatic carbocycles. The second-order valence-corrected chi connectivity index (χ2v) is 5.55. The van der Waals surface area contributed by atoms with Gasteiger partial charge in [0.25, 0.3) is 0 Å². The molecule has 0 aliphatic heterocycles. The Balaban J connectivity index is 0.00000529. The molecule has 1 aromatic heterocycles. The summed E-state index contributed by atoms with van der Waals surface area (Å²) in [6.45, 7) is 10.0. The highest BCUT2D eigenvalue weighted by Crippen LogP contribution is 2.02. The third-order valence-corrected chi connectivity index (χ3v) is 3.23. The lowest BCUT2D eigenvalue weighted by Crippen LogP contribution is -2.39. The van der Waals surface area contributed by atoms with Gasteiger partial charge in [-0.05, 0) is 26.3 Å². The molecular weight excluding hydrogens is 419 g/mol. The Morgan fingerprint density at radius 1 is 1.42 bits per heavy atom. The van der Waals surface area contributed by atoms with Crippen LogP contribution in [0.2, 0.25) is 0 Å². The fraction of sp³-hybridized carbons (Fsp3) is 0.562. The molecule has 7 nitrogen and oxygen atoms in total. The van der Waals surface area contributed by atoms with E-state index in [0.717, 1.165) is 30.9 Å². The van der Waals surface area contributed by atoms with Crippen LogP contribution in [0, 0.1) is 13.8 Å². The van der Waals surface area contributed by atoms with Gasteiger partial charge in [-0.2, -0.15) is 5.10 Å². The van der Waals surface area contributed by atoms with Gasteiger partial charge in [-0.3, -0.25) is 9.48 Å². The fourth-order valence-electron chi connectivity index (χ4n) is 1.97. The van der Waals surface area contributed by atoms with Crippen LogP contribution in [0.5, 0.6) is 0 Å². The van der Waals surface area contributed by atoms with E-state index in [9.17, 15) is 4.79 Å². The first kappa shape index (κ1) is 22.4. The number of aryl methyl sites for hydroxylation is 3. The van der Waals surface area contributed by atoms with E-state index in [1.807, 2.05) is 11.6 Å². The maximum atomic E-state index is 11.6. The number of aliphatic imine (C=N–C) groups is 1. The molecule has 0 spiro atoms. The predicted octanol–water partition coefficient (Wildman–Crippen LogP) is 1.32. The average Bonchev–Trinajstić information content (AvgIpc) is 2.82. The number of aromatic nitrogens is 2. The molecule has 1 amide bonds. The summed E-state index contributed by atoms with van der Waals surface area (Å²) < 4.78 is 2.00. The van der Waals surface area contributed by atoms with Gasteiger partial charge in [0.2, 0.25) is 5.91 Å². The molecule has 8 heteroatoms. The largest absolute Gasteiger partial charge is 0.356 e. The Bertz CT molecular complexity index is 553. The summed E-state index contributed by atoms with van der Waals surface area (Å²) in [5.41, 5.74) is 2.20. The number of hydrogen-bond acceptors (Lipinski definition) is 3. The Morgan fingerprint density at radius 2 is 2.12 bits per heavy atom. The number of nitrogens with zero attached hydrogens (tertiary/aromatic N) is 4. The van der Waals surface area contributed by atoms with Crippen LogP contribution in [0.3, 0.4) is 0 Å². The number of carbonyl (C=O) groups excluding carboxylic acids is 1. The molecule has 0 unspecified atom stereocenters. The van der Waals surface area contributed by atoms with E-state index in [1.165, 1.54) is 4.90 Å². The molecule has 136 valence electrons. The third kappa shape index (κ3) is 8.32. The number of carbonyl (C=O) groups is 1. The SMILES string of the molecule is C=CCNC(=NCC(=O)N(C)C)NCCCn1nc(C)cc1C.I. The van der Waals surface area contributed by atoms with Gasteiger partial charge in [0, 0.05) is 39.4 Å². The Labute approximate surface area is 161 Å². The van der Waals surface area contributed by atoms with Crippen LogP contribution in [0.1, 0.15) is 17.8 Å². The van der Waals surface area contributed by atoms with Crippen LogP contribution in [0.4, 0.5) is 0 Å². The molecule has 0 radical (unpaired) electrons. The molecule has 2 N–H and O–H groups in total. The topological polar surface area (TPSA) is 74.6 Å². The number of rotatable bonds is 8. The number of nitrogens with one attached hydrogen (secondary N) is 2. The highest BCUT2D eigenvalue weighted by atomic mass is 127. The van der Waals surface area contributed by atoms with E-state index >= 15 is 0 Å². The van der Waals surface area contributed by atoms with Gasteiger partial charge in [-0.25, -0.2) is 4.99 Å². The summed E-state index contributed by atoms with van der Waals surface area (Å²) in [7, 11) is 3.44. The van der Waals surface area contributed by atoms with Crippen molar-refractivity contribution in [1.29, 1.82) is 0 Å². The molecule has 0 bridgehead atoms. The average molecular weight is 448 g/mol. The molecule has 0 saturated carbocycles. The third-order valence-electron chi connectivity index (χ3n) is 3.23. The van der Waals surface area contributed by atoms with Crippen LogP contribution in [0.15, 0.2) is 23.7 Å². The molecule has 0 fully saturated rings. The molecule has 1 heterocycles. The zero-order chi connectivity index (χ0) is 17.2. The van der Waals surface area contributed by atoms with Gasteiger partial charge in [-0.15, -0.1) is 30.6 Å². The van der Waals surface area contributed by atoms with Crippen LogP contribution in [0.25, 0.3) is 0 Å². The Hall–Kier alpha value is -1.58. The molecule has 0 aromatic carbocycles. The number of halogens is 1. The van der Waals surface area contributed by atoms with Crippen molar-refractivity contribution in [2.45, 2.75) is 26.8 Å². The minimum Gasteiger partial charge on any atom is -0.356 e. The lowest BCUT2D eigenvalue weighted by atomic mass is 10.4. The van der Waals surface area contributed by atoms with Crippen LogP contribution >= 0.6 is 24.0 Å². The standard InChI is InChI=1S/C16H28N6O.HI/c1-6-8-17-16(19-12-15(23)21(4)5)18-9-7-10-22-14(3)11-13(2)20-22;/h6,11H,1,7-10,12H2,2-5H3,(H2,17,18,19);1H. The second-order valence-electron chi connectivity index (χ2n) is 5.55. The van der Waals surface area contributed by atoms with Crippen LogP contribution in [-0.2, 0) is 11.3 Å². The molecule has 1 aromatic rings. The van der Waals surface area contributed by atoms with E-state index in [2.05, 4.69) is 40.3 Å². The van der Waals surface area contributed by atoms with E-state index < -0.39 is 0 Å². The molecule has 1 rings (SSSR count). The van der Waals surface area contributed by atoms with Gasteiger partial charge in [0.1, 0.15) is 6.54 Å². The number of likely N-dealkylation sites (N-methyl/N-ethyl adjacent to an activating group) is 1. The summed E-state index contributed by atoms with van der Waals surface area (Å²) >= 11 is 0. The number of guanidine groups is 1. The minimum absolute atomic E-state index is 0. The Kier molecular flexibility index (Phi) is 11.1. The lowest BCUT2D eigenvalue weighted by Gasteiger charge is -2.13. The monoisotopic (exact) mass is 448 g/mol. The van der Waals surface area contributed by atoms with Crippen molar-refractivity contribution in [3.05, 3.63) is 30.1 Å². The highest BCUT2D eigenvalue weighted by molar-refractivity contribution is 14.0. The van der Waals surface area contributed by atoms with Gasteiger partial charge in [-0.1, -0.05) is 6.08 Å². The molecular formula is C16H29IN6O. The zero-order valence-electron chi connectivity index (χ0n) is 15.0. The molecule has 0 saturated heterocycles. The normalized spacial score (nSPS) is 10.8. The smallest absolute Gasteiger partial charge is 0.243 e. The summed E-state index contributed by atoms with van der Waals surface area (Å²) in [5.74, 6) is 0.584. The van der Waals surface area contributed by atoms with Gasteiger partial charge >= 0.3 is 0 Å². The Morgan fingerprint density at radius 3 is 2.67 bits per heavy atom. The van der Waals surface area contributed by atoms with Crippen molar-refractivity contribution >= 4 is 35.8 Å². The van der Waals surface area contributed by atoms with E-state index in [0.29, 0.717) is 12.5 Å². The molecule has 0 atom stereocenters. The van der Waals surface area contributed by atoms with Gasteiger partial charge in [0.05, 0.1) is 5.69 Å². The summed E-state index contributed by atoms with van der Waals surface area (Å²) in [6.07, 6.45) is 2.67. The summed E-state index contributed by atoms with van der Waals surface area (Å²) in [6, 6.07) is 2.07. The van der Waals surface area contributed by atoms with E-state index in [1.54, 1.807) is 20.2 Å². The second kappa shape index (κ2) is 11.9. The quantitative estimate of drug-likeness (QED) is 0.207. The highest BCUT2D eigenvalue weighted by Gasteiger charge is 2.04. The summed E-state index contributed by atoms with van der Waals surface area (Å²) in [4.78, 5) is 17.4. The predicted molar refractivity (Wildman–Crippen MR) is 109 cm³/mol. The summed E-state index contributed by atoms with van der Waals surface area (Å²) in [5, 5.41) is 10.8. The first-order valence-electron chi connectivity index (χ1n) is 7.78. The number of amides is 1. The van der Waals surface area contributed by atoms with Gasteiger partial charge in [0.15, 0.2) is 5.96 Å². The lowest BCUT2D eigenvalue weighted by molar-refractivity contribution is -0.127. The van der Waals surface area contributed by atoms with Crippen molar-refractivity contribution in [2.75, 3.05) is 33.7 Å². The van der Waals surface area contributed by atoms with Crippen LogP contribution in [-0.4, -0.2) is 60.3 Å². The first-order chi connectivity index (χ1) is 10.9. The van der Waals surface area contributed by atoms with Crippen LogP contribution < -0.4 is 10.6 Å². The molecule has 24 heavy (non-hydrogen) atoms. The van der Waals surface area contributed by atoms with Crippen molar-refractivity contribution in [2.24, 2.45) is 4.99 Å². The first-order valence-corrected chi connectivity index (χ1v) is 7.78. The number of hydrogen-bond donors (Lipinski definition) is 2. The molecule has 0 aliphatic rings. The minimum atomic E-state index is -0.0349. The fourth-order valence-corrected chi connectivity index (χ4v) is 1.97. The van der Waals surface area contributed by atoms with Crippen molar-refractivity contribution < 1.29 is 4.79 Å². The van der Waals surface area contributed by atoms with E-state index in [-0.39, 0.29) is 36.4 Å². The van der Waals surface area contributed by atoms with E-state index in [4.69, 9.17) is 0 Å². The van der Waals surface area contributed by atoms with Crippen molar-refractivity contribution in [3.63, 3.8) is 0 Å². The maximum Gasteiger partial charge on any atom is 0.243 e.